The molecule has 0 bridgehead atoms. The molecule has 0 saturated carbocycles. The van der Waals surface area contributed by atoms with E-state index in [0.29, 0.717) is 11.8 Å². The van der Waals surface area contributed by atoms with Crippen LogP contribution in [0.1, 0.15) is 16.7 Å². The van der Waals surface area contributed by atoms with E-state index >= 15 is 0 Å². The zero-order valence-electron chi connectivity index (χ0n) is 12.3. The van der Waals surface area contributed by atoms with Crippen molar-refractivity contribution in [3.05, 3.63) is 71.0 Å². The van der Waals surface area contributed by atoms with E-state index in [4.69, 9.17) is 5.73 Å². The number of thioether (sulfide) groups is 1. The molecule has 2 N–H and O–H groups in total. The molecule has 126 valence electrons. The van der Waals surface area contributed by atoms with Crippen molar-refractivity contribution in [2.75, 3.05) is 0 Å². The van der Waals surface area contributed by atoms with Gasteiger partial charge in [0.1, 0.15) is 5.82 Å². The van der Waals surface area contributed by atoms with Gasteiger partial charge in [0.25, 0.3) is 0 Å². The molecule has 0 unspecified atom stereocenters. The summed E-state index contributed by atoms with van der Waals surface area (Å²) in [6.07, 6.45) is -3.57. The number of hydrogen-bond donors (Lipinski definition) is 1. The lowest BCUT2D eigenvalue weighted by molar-refractivity contribution is -0.137. The number of nitrogens with zero attached hydrogens (tertiary/aromatic N) is 2. The van der Waals surface area contributed by atoms with Gasteiger partial charge in [0.15, 0.2) is 5.17 Å². The van der Waals surface area contributed by atoms with Crippen LogP contribution in [0.5, 0.6) is 0 Å². The molecule has 0 radical (unpaired) electrons. The molecule has 0 aliphatic rings. The first kappa shape index (κ1) is 18.0. The van der Waals surface area contributed by atoms with Crippen LogP contribution in [0, 0.1) is 5.82 Å². The Morgan fingerprint density at radius 1 is 1.12 bits per heavy atom. The van der Waals surface area contributed by atoms with Crippen LogP contribution in [0.3, 0.4) is 0 Å². The number of nitrogens with two attached hydrogens (primary N) is 1. The zero-order chi connectivity index (χ0) is 17.6. The highest BCUT2D eigenvalue weighted by Gasteiger charge is 2.30. The van der Waals surface area contributed by atoms with E-state index in [-0.39, 0.29) is 10.7 Å². The van der Waals surface area contributed by atoms with Crippen LogP contribution in [0.15, 0.2) is 58.7 Å². The summed E-state index contributed by atoms with van der Waals surface area (Å²) in [6.45, 7) is 0. The number of rotatable bonds is 4. The number of benzene rings is 2. The number of hydrogen-bond acceptors (Lipinski definition) is 3. The fraction of sp³-hybridized carbons (Fsp3) is 0.125. The molecule has 2 rings (SSSR count). The van der Waals surface area contributed by atoms with Crippen LogP contribution in [0.4, 0.5) is 17.6 Å². The molecule has 2 aromatic carbocycles. The monoisotopic (exact) mass is 355 g/mol. The molecule has 0 aromatic heterocycles. The standard InChI is InChI=1S/C16H13F4N3S/c17-14-8-13(16(18,19)20)7-6-12(14)9-22-23-15(21)24-10-11-4-2-1-3-5-11/h1-9H,10H2,(H2,21,23). The average Bonchev–Trinajstić information content (AvgIpc) is 2.54. The van der Waals surface area contributed by atoms with Gasteiger partial charge in [0.2, 0.25) is 0 Å². The molecular weight excluding hydrogens is 342 g/mol. The van der Waals surface area contributed by atoms with E-state index in [1.165, 1.54) is 11.8 Å². The molecule has 0 amide bonds. The Bertz CT molecular complexity index is 743. The van der Waals surface area contributed by atoms with E-state index in [1.54, 1.807) is 0 Å². The third-order valence-corrected chi connectivity index (χ3v) is 3.77. The molecule has 0 atom stereocenters. The molecule has 0 fully saturated rings. The summed E-state index contributed by atoms with van der Waals surface area (Å²) in [4.78, 5) is 0. The molecule has 8 heteroatoms. The van der Waals surface area contributed by atoms with Gasteiger partial charge >= 0.3 is 6.18 Å². The van der Waals surface area contributed by atoms with Crippen molar-refractivity contribution in [3.8, 4) is 0 Å². The molecule has 2 aromatic rings. The molecule has 3 nitrogen and oxygen atoms in total. The first-order valence-electron chi connectivity index (χ1n) is 6.76. The van der Waals surface area contributed by atoms with Crippen LogP contribution in [-0.2, 0) is 11.9 Å². The zero-order valence-corrected chi connectivity index (χ0v) is 13.1. The van der Waals surface area contributed by atoms with E-state index in [0.717, 1.165) is 23.9 Å². The van der Waals surface area contributed by atoms with Crippen molar-refractivity contribution in [2.24, 2.45) is 15.9 Å². The fourth-order valence-corrected chi connectivity index (χ4v) is 2.33. The maximum atomic E-state index is 13.6. The highest BCUT2D eigenvalue weighted by Crippen LogP contribution is 2.29. The number of alkyl halides is 3. The van der Waals surface area contributed by atoms with Gasteiger partial charge in [0, 0.05) is 11.3 Å². The summed E-state index contributed by atoms with van der Waals surface area (Å²) < 4.78 is 50.9. The number of amidine groups is 1. The second-order valence-electron chi connectivity index (χ2n) is 4.69. The molecule has 0 aliphatic carbocycles. The lowest BCUT2D eigenvalue weighted by atomic mass is 10.1. The van der Waals surface area contributed by atoms with Gasteiger partial charge in [0.05, 0.1) is 11.8 Å². The molecule has 24 heavy (non-hydrogen) atoms. The summed E-state index contributed by atoms with van der Waals surface area (Å²) in [5.41, 5.74) is 5.55. The van der Waals surface area contributed by atoms with Gasteiger partial charge in [-0.05, 0) is 23.8 Å². The van der Waals surface area contributed by atoms with Crippen LogP contribution in [0.25, 0.3) is 0 Å². The van der Waals surface area contributed by atoms with Gasteiger partial charge in [-0.2, -0.15) is 18.3 Å². The van der Waals surface area contributed by atoms with E-state index < -0.39 is 17.6 Å². The second-order valence-corrected chi connectivity index (χ2v) is 5.69. The van der Waals surface area contributed by atoms with Crippen LogP contribution in [0.2, 0.25) is 0 Å². The maximum absolute atomic E-state index is 13.6. The average molecular weight is 355 g/mol. The van der Waals surface area contributed by atoms with Crippen molar-refractivity contribution >= 4 is 23.1 Å². The molecule has 0 aliphatic heterocycles. The Kier molecular flexibility index (Phi) is 5.97. The Morgan fingerprint density at radius 3 is 2.46 bits per heavy atom. The Labute approximate surface area is 140 Å². The molecule has 0 spiro atoms. The van der Waals surface area contributed by atoms with Crippen molar-refractivity contribution in [1.82, 2.24) is 0 Å². The highest BCUT2D eigenvalue weighted by atomic mass is 32.2. The fourth-order valence-electron chi connectivity index (χ4n) is 1.72. The smallest absolute Gasteiger partial charge is 0.377 e. The molecule has 0 heterocycles. The van der Waals surface area contributed by atoms with E-state index in [2.05, 4.69) is 10.2 Å². The Morgan fingerprint density at radius 2 is 1.83 bits per heavy atom. The summed E-state index contributed by atoms with van der Waals surface area (Å²) in [5.74, 6) is -0.431. The van der Waals surface area contributed by atoms with E-state index in [9.17, 15) is 17.6 Å². The van der Waals surface area contributed by atoms with Gasteiger partial charge in [-0.3, -0.25) is 0 Å². The first-order chi connectivity index (χ1) is 11.4. The van der Waals surface area contributed by atoms with Crippen molar-refractivity contribution in [1.29, 1.82) is 0 Å². The minimum absolute atomic E-state index is 0.104. The normalized spacial score (nSPS) is 12.8. The minimum atomic E-state index is -4.59. The van der Waals surface area contributed by atoms with Gasteiger partial charge < -0.3 is 5.73 Å². The van der Waals surface area contributed by atoms with Crippen molar-refractivity contribution < 1.29 is 17.6 Å². The quantitative estimate of drug-likeness (QED) is 0.382. The topological polar surface area (TPSA) is 50.7 Å². The summed E-state index contributed by atoms with van der Waals surface area (Å²) in [6, 6.07) is 11.7. The van der Waals surface area contributed by atoms with Gasteiger partial charge in [-0.1, -0.05) is 42.1 Å². The first-order valence-corrected chi connectivity index (χ1v) is 7.75. The highest BCUT2D eigenvalue weighted by molar-refractivity contribution is 8.13. The van der Waals surface area contributed by atoms with Crippen LogP contribution in [-0.4, -0.2) is 11.4 Å². The summed E-state index contributed by atoms with van der Waals surface area (Å²) >= 11 is 1.25. The lowest BCUT2D eigenvalue weighted by Crippen LogP contribution is -2.06. The third kappa shape index (κ3) is 5.38. The lowest BCUT2D eigenvalue weighted by Gasteiger charge is -2.06. The van der Waals surface area contributed by atoms with Crippen molar-refractivity contribution in [3.63, 3.8) is 0 Å². The largest absolute Gasteiger partial charge is 0.416 e. The second kappa shape index (κ2) is 7.96. The van der Waals surface area contributed by atoms with E-state index in [1.807, 2.05) is 30.3 Å². The molecule has 0 saturated heterocycles. The van der Waals surface area contributed by atoms with Gasteiger partial charge in [-0.15, -0.1) is 5.10 Å². The van der Waals surface area contributed by atoms with Gasteiger partial charge in [-0.25, -0.2) is 4.39 Å². The summed E-state index contributed by atoms with van der Waals surface area (Å²) in [5, 5.41) is 7.46. The Balaban J connectivity index is 1.97. The van der Waals surface area contributed by atoms with Crippen LogP contribution >= 0.6 is 11.8 Å². The third-order valence-electron chi connectivity index (χ3n) is 2.91. The van der Waals surface area contributed by atoms with Crippen LogP contribution < -0.4 is 5.73 Å². The number of halogens is 4. The Hall–Kier alpha value is -2.35. The minimum Gasteiger partial charge on any atom is -0.377 e. The maximum Gasteiger partial charge on any atom is 0.416 e. The predicted molar refractivity (Wildman–Crippen MR) is 88.4 cm³/mol. The predicted octanol–water partition coefficient (Wildman–Crippen LogP) is 4.43. The van der Waals surface area contributed by atoms with Crippen molar-refractivity contribution in [2.45, 2.75) is 11.9 Å². The SMILES string of the molecule is NC(=NN=Cc1ccc(C(F)(F)F)cc1F)SCc1ccccc1. The molecular formula is C16H13F4N3S. The summed E-state index contributed by atoms with van der Waals surface area (Å²) in [7, 11) is 0.